The molecule has 0 atom stereocenters. The predicted molar refractivity (Wildman–Crippen MR) is 49.4 cm³/mol. The van der Waals surface area contributed by atoms with E-state index in [1.165, 1.54) is 0 Å². The standard InChI is InChI=1S/C9H10ClNO2/c1-12-8-5-11-9(10)4-7(8)13-6-2-3-6/h4-6H,2-3H2,1H3. The van der Waals surface area contributed by atoms with Gasteiger partial charge in [0.1, 0.15) is 5.15 Å². The summed E-state index contributed by atoms with van der Waals surface area (Å²) in [6.45, 7) is 0. The van der Waals surface area contributed by atoms with Gasteiger partial charge in [-0.05, 0) is 12.8 Å². The lowest BCUT2D eigenvalue weighted by molar-refractivity contribution is 0.281. The summed E-state index contributed by atoms with van der Waals surface area (Å²) in [5.74, 6) is 1.32. The lowest BCUT2D eigenvalue weighted by Crippen LogP contribution is -1.98. The van der Waals surface area contributed by atoms with Crippen LogP contribution in [0.15, 0.2) is 12.3 Å². The molecule has 13 heavy (non-hydrogen) atoms. The van der Waals surface area contributed by atoms with E-state index in [-0.39, 0.29) is 0 Å². The van der Waals surface area contributed by atoms with E-state index in [0.717, 1.165) is 12.8 Å². The average Bonchev–Trinajstić information content (AvgIpc) is 2.89. The Morgan fingerprint density at radius 1 is 1.46 bits per heavy atom. The number of hydrogen-bond acceptors (Lipinski definition) is 3. The monoisotopic (exact) mass is 199 g/mol. The van der Waals surface area contributed by atoms with Gasteiger partial charge in [-0.15, -0.1) is 0 Å². The number of rotatable bonds is 3. The van der Waals surface area contributed by atoms with Gasteiger partial charge in [0, 0.05) is 6.07 Å². The van der Waals surface area contributed by atoms with Crippen molar-refractivity contribution in [1.82, 2.24) is 4.98 Å². The molecule has 0 radical (unpaired) electrons. The summed E-state index contributed by atoms with van der Waals surface area (Å²) >= 11 is 5.73. The van der Waals surface area contributed by atoms with Crippen molar-refractivity contribution in [3.05, 3.63) is 17.4 Å². The van der Waals surface area contributed by atoms with Crippen molar-refractivity contribution in [2.24, 2.45) is 0 Å². The number of pyridine rings is 1. The van der Waals surface area contributed by atoms with E-state index < -0.39 is 0 Å². The molecule has 1 fully saturated rings. The third-order valence-corrected chi connectivity index (χ3v) is 2.04. The van der Waals surface area contributed by atoms with Gasteiger partial charge in [0.05, 0.1) is 19.4 Å². The smallest absolute Gasteiger partial charge is 0.179 e. The Labute approximate surface area is 81.6 Å². The van der Waals surface area contributed by atoms with E-state index in [9.17, 15) is 0 Å². The average molecular weight is 200 g/mol. The third kappa shape index (κ3) is 2.04. The van der Waals surface area contributed by atoms with Crippen LogP contribution < -0.4 is 9.47 Å². The molecule has 0 amide bonds. The van der Waals surface area contributed by atoms with Crippen LogP contribution in [0.25, 0.3) is 0 Å². The van der Waals surface area contributed by atoms with Gasteiger partial charge < -0.3 is 9.47 Å². The van der Waals surface area contributed by atoms with Crippen molar-refractivity contribution >= 4 is 11.6 Å². The first-order valence-corrected chi connectivity index (χ1v) is 4.53. The fourth-order valence-corrected chi connectivity index (χ4v) is 1.16. The van der Waals surface area contributed by atoms with Crippen LogP contribution in [0.2, 0.25) is 5.15 Å². The number of halogens is 1. The van der Waals surface area contributed by atoms with Gasteiger partial charge >= 0.3 is 0 Å². The topological polar surface area (TPSA) is 31.4 Å². The molecule has 1 aromatic heterocycles. The Balaban J connectivity index is 2.22. The lowest BCUT2D eigenvalue weighted by Gasteiger charge is -2.08. The first-order valence-electron chi connectivity index (χ1n) is 4.16. The van der Waals surface area contributed by atoms with E-state index in [1.807, 2.05) is 0 Å². The molecule has 1 aliphatic carbocycles. The molecule has 4 heteroatoms. The van der Waals surface area contributed by atoms with Crippen LogP contribution in [0.1, 0.15) is 12.8 Å². The maximum atomic E-state index is 5.73. The van der Waals surface area contributed by atoms with Gasteiger partial charge in [-0.1, -0.05) is 11.6 Å². The highest BCUT2D eigenvalue weighted by molar-refractivity contribution is 6.29. The number of nitrogens with zero attached hydrogens (tertiary/aromatic N) is 1. The van der Waals surface area contributed by atoms with Gasteiger partial charge in [-0.3, -0.25) is 0 Å². The number of hydrogen-bond donors (Lipinski definition) is 0. The third-order valence-electron chi connectivity index (χ3n) is 1.84. The first kappa shape index (κ1) is 8.63. The summed E-state index contributed by atoms with van der Waals surface area (Å²) in [6.07, 6.45) is 4.14. The summed E-state index contributed by atoms with van der Waals surface area (Å²) in [5.41, 5.74) is 0. The summed E-state index contributed by atoms with van der Waals surface area (Å²) < 4.78 is 10.7. The zero-order valence-corrected chi connectivity index (χ0v) is 8.04. The van der Waals surface area contributed by atoms with Crippen molar-refractivity contribution in [2.75, 3.05) is 7.11 Å². The van der Waals surface area contributed by atoms with Crippen LogP contribution in [-0.4, -0.2) is 18.2 Å². The zero-order valence-electron chi connectivity index (χ0n) is 7.29. The molecule has 1 saturated carbocycles. The van der Waals surface area contributed by atoms with E-state index in [4.69, 9.17) is 21.1 Å². The molecule has 2 rings (SSSR count). The molecule has 1 heterocycles. The summed E-state index contributed by atoms with van der Waals surface area (Å²) in [5, 5.41) is 0.427. The molecule has 0 aromatic carbocycles. The van der Waals surface area contributed by atoms with Crippen molar-refractivity contribution in [3.8, 4) is 11.5 Å². The van der Waals surface area contributed by atoms with Crippen molar-refractivity contribution in [2.45, 2.75) is 18.9 Å². The molecule has 0 unspecified atom stereocenters. The van der Waals surface area contributed by atoms with Gasteiger partial charge in [0.2, 0.25) is 0 Å². The van der Waals surface area contributed by atoms with E-state index in [1.54, 1.807) is 19.4 Å². The van der Waals surface area contributed by atoms with Gasteiger partial charge in [0.25, 0.3) is 0 Å². The second kappa shape index (κ2) is 3.42. The van der Waals surface area contributed by atoms with Crippen LogP contribution in [0.5, 0.6) is 11.5 Å². The molecule has 1 aliphatic rings. The molecule has 0 aliphatic heterocycles. The van der Waals surface area contributed by atoms with Crippen LogP contribution in [-0.2, 0) is 0 Å². The number of aromatic nitrogens is 1. The van der Waals surface area contributed by atoms with Gasteiger partial charge in [-0.2, -0.15) is 0 Å². The van der Waals surface area contributed by atoms with Crippen LogP contribution in [0, 0.1) is 0 Å². The normalized spacial score (nSPS) is 15.5. The van der Waals surface area contributed by atoms with Crippen LogP contribution in [0.3, 0.4) is 0 Å². The number of ether oxygens (including phenoxy) is 2. The highest BCUT2D eigenvalue weighted by Crippen LogP contribution is 2.34. The largest absolute Gasteiger partial charge is 0.491 e. The minimum absolute atomic E-state index is 0.340. The summed E-state index contributed by atoms with van der Waals surface area (Å²) in [6, 6.07) is 1.68. The molecular weight excluding hydrogens is 190 g/mol. The van der Waals surface area contributed by atoms with Crippen molar-refractivity contribution in [3.63, 3.8) is 0 Å². The maximum absolute atomic E-state index is 5.73. The quantitative estimate of drug-likeness (QED) is 0.700. The highest BCUT2D eigenvalue weighted by atomic mass is 35.5. The molecule has 3 nitrogen and oxygen atoms in total. The van der Waals surface area contributed by atoms with Gasteiger partial charge in [-0.25, -0.2) is 4.98 Å². The molecule has 70 valence electrons. The fourth-order valence-electron chi connectivity index (χ4n) is 1.01. The predicted octanol–water partition coefficient (Wildman–Crippen LogP) is 2.28. The first-order chi connectivity index (χ1) is 6.29. The van der Waals surface area contributed by atoms with Crippen LogP contribution in [0.4, 0.5) is 0 Å². The Morgan fingerprint density at radius 3 is 2.85 bits per heavy atom. The molecule has 0 N–H and O–H groups in total. The Morgan fingerprint density at radius 2 is 2.23 bits per heavy atom. The second-order valence-corrected chi connectivity index (χ2v) is 3.36. The molecular formula is C9H10ClNO2. The Bertz CT molecular complexity index is 312. The molecule has 1 aromatic rings. The maximum Gasteiger partial charge on any atom is 0.179 e. The Kier molecular flexibility index (Phi) is 2.27. The van der Waals surface area contributed by atoms with Crippen molar-refractivity contribution in [1.29, 1.82) is 0 Å². The SMILES string of the molecule is COc1cnc(Cl)cc1OC1CC1. The summed E-state index contributed by atoms with van der Waals surface area (Å²) in [7, 11) is 1.59. The molecule has 0 saturated heterocycles. The lowest BCUT2D eigenvalue weighted by atomic mass is 10.4. The van der Waals surface area contributed by atoms with E-state index >= 15 is 0 Å². The highest BCUT2D eigenvalue weighted by Gasteiger charge is 2.25. The van der Waals surface area contributed by atoms with Gasteiger partial charge in [0.15, 0.2) is 11.5 Å². The molecule has 0 bridgehead atoms. The minimum Gasteiger partial charge on any atom is -0.491 e. The minimum atomic E-state index is 0.340. The zero-order chi connectivity index (χ0) is 9.26. The van der Waals surface area contributed by atoms with Crippen LogP contribution >= 0.6 is 11.6 Å². The van der Waals surface area contributed by atoms with Crippen molar-refractivity contribution < 1.29 is 9.47 Å². The fraction of sp³-hybridized carbons (Fsp3) is 0.444. The Hall–Kier alpha value is -0.960. The van der Waals surface area contributed by atoms with E-state index in [2.05, 4.69) is 4.98 Å². The second-order valence-electron chi connectivity index (χ2n) is 2.98. The molecule has 0 spiro atoms. The summed E-state index contributed by atoms with van der Waals surface area (Å²) in [4.78, 5) is 3.90. The van der Waals surface area contributed by atoms with E-state index in [0.29, 0.717) is 22.8 Å². The number of methoxy groups -OCH3 is 1.